The lowest BCUT2D eigenvalue weighted by molar-refractivity contribution is -0.132. The fourth-order valence-corrected chi connectivity index (χ4v) is 5.60. The maximum Gasteiger partial charge on any atom is 0.229 e. The Morgan fingerprint density at radius 3 is 2.42 bits per heavy atom. The molecule has 0 radical (unpaired) electrons. The zero-order valence-electron chi connectivity index (χ0n) is 17.2. The maximum atomic E-state index is 15.9. The van der Waals surface area contributed by atoms with E-state index in [1.54, 1.807) is 19.1 Å². The normalized spacial score (nSPS) is 28.0. The average Bonchev–Trinajstić information content (AvgIpc) is 3.22. The van der Waals surface area contributed by atoms with Gasteiger partial charge in [0, 0.05) is 25.0 Å². The Balaban J connectivity index is 1.59. The second-order valence-corrected chi connectivity index (χ2v) is 10.5. The molecule has 31 heavy (non-hydrogen) atoms. The molecule has 166 valence electrons. The third-order valence-electron chi connectivity index (χ3n) is 6.02. The van der Waals surface area contributed by atoms with Crippen LogP contribution in [0.3, 0.4) is 0 Å². The number of sulfonamides is 1. The van der Waals surface area contributed by atoms with Crippen molar-refractivity contribution in [3.63, 3.8) is 0 Å². The van der Waals surface area contributed by atoms with Crippen LogP contribution in [0.5, 0.6) is 0 Å². The SMILES string of the molecule is CC1(NS(C)(=O)=O)CCN(C(=O)[C@@H]2C[C@@]2(F)c2ccccc2-c2c(F)cccc2F)C1. The summed E-state index contributed by atoms with van der Waals surface area (Å²) in [7, 11) is -3.46. The minimum absolute atomic E-state index is 0.0774. The first-order valence-corrected chi connectivity index (χ1v) is 11.8. The van der Waals surface area contributed by atoms with Crippen LogP contribution in [-0.2, 0) is 20.5 Å². The Labute approximate surface area is 179 Å². The van der Waals surface area contributed by atoms with Crippen molar-refractivity contribution in [2.75, 3.05) is 19.3 Å². The number of hydrogen-bond donors (Lipinski definition) is 1. The van der Waals surface area contributed by atoms with Crippen LogP contribution >= 0.6 is 0 Å². The van der Waals surface area contributed by atoms with Crippen LogP contribution < -0.4 is 4.72 Å². The first-order valence-electron chi connectivity index (χ1n) is 9.94. The summed E-state index contributed by atoms with van der Waals surface area (Å²) in [5, 5.41) is 0. The van der Waals surface area contributed by atoms with Crippen molar-refractivity contribution in [1.29, 1.82) is 0 Å². The van der Waals surface area contributed by atoms with Crippen LogP contribution in [-0.4, -0.2) is 44.1 Å². The smallest absolute Gasteiger partial charge is 0.229 e. The molecule has 1 saturated heterocycles. The molecular weight excluding hydrogens is 429 g/mol. The van der Waals surface area contributed by atoms with Crippen molar-refractivity contribution >= 4 is 15.9 Å². The molecule has 2 aromatic rings. The van der Waals surface area contributed by atoms with E-state index in [0.717, 1.165) is 18.4 Å². The highest BCUT2D eigenvalue weighted by Gasteiger charge is 2.63. The zero-order valence-corrected chi connectivity index (χ0v) is 18.0. The molecule has 1 heterocycles. The molecule has 1 N–H and O–H groups in total. The highest BCUT2D eigenvalue weighted by atomic mass is 32.2. The molecule has 1 unspecified atom stereocenters. The van der Waals surface area contributed by atoms with E-state index in [-0.39, 0.29) is 29.7 Å². The maximum absolute atomic E-state index is 15.9. The minimum Gasteiger partial charge on any atom is -0.340 e. The number of carbonyl (C=O) groups is 1. The highest BCUT2D eigenvalue weighted by Crippen LogP contribution is 2.59. The van der Waals surface area contributed by atoms with Gasteiger partial charge in [0.15, 0.2) is 0 Å². The molecule has 0 aromatic heterocycles. The van der Waals surface area contributed by atoms with E-state index in [1.165, 1.54) is 23.1 Å². The summed E-state index contributed by atoms with van der Waals surface area (Å²) in [6.07, 6.45) is 1.37. The van der Waals surface area contributed by atoms with E-state index in [9.17, 15) is 22.0 Å². The molecule has 1 saturated carbocycles. The second-order valence-electron chi connectivity index (χ2n) is 8.71. The van der Waals surface area contributed by atoms with E-state index in [4.69, 9.17) is 0 Å². The Morgan fingerprint density at radius 1 is 1.13 bits per heavy atom. The topological polar surface area (TPSA) is 66.5 Å². The molecule has 2 aliphatic rings. The van der Waals surface area contributed by atoms with Gasteiger partial charge in [-0.05, 0) is 36.6 Å². The third-order valence-corrected chi connectivity index (χ3v) is 6.88. The summed E-state index contributed by atoms with van der Waals surface area (Å²) in [6.45, 7) is 2.14. The molecule has 2 fully saturated rings. The molecular formula is C22H23F3N2O3S. The van der Waals surface area contributed by atoms with Crippen molar-refractivity contribution in [2.24, 2.45) is 5.92 Å². The largest absolute Gasteiger partial charge is 0.340 e. The molecule has 1 amide bonds. The van der Waals surface area contributed by atoms with Crippen molar-refractivity contribution in [1.82, 2.24) is 9.62 Å². The van der Waals surface area contributed by atoms with E-state index < -0.39 is 44.7 Å². The van der Waals surface area contributed by atoms with E-state index in [0.29, 0.717) is 13.0 Å². The number of hydrogen-bond acceptors (Lipinski definition) is 3. The molecule has 0 bridgehead atoms. The van der Waals surface area contributed by atoms with E-state index >= 15 is 4.39 Å². The first kappa shape index (κ1) is 21.8. The van der Waals surface area contributed by atoms with Gasteiger partial charge in [-0.1, -0.05) is 30.3 Å². The number of halogens is 3. The molecule has 1 aliphatic carbocycles. The van der Waals surface area contributed by atoms with Gasteiger partial charge in [0.05, 0.1) is 17.7 Å². The fourth-order valence-electron chi connectivity index (χ4n) is 4.54. The summed E-state index contributed by atoms with van der Waals surface area (Å²) < 4.78 is 70.3. The van der Waals surface area contributed by atoms with Crippen LogP contribution in [0.1, 0.15) is 25.3 Å². The van der Waals surface area contributed by atoms with E-state index in [1.807, 2.05) is 0 Å². The Morgan fingerprint density at radius 2 is 1.77 bits per heavy atom. The molecule has 1 aliphatic heterocycles. The number of nitrogens with one attached hydrogen (secondary N) is 1. The van der Waals surface area contributed by atoms with Gasteiger partial charge in [0.1, 0.15) is 17.3 Å². The number of benzene rings is 2. The number of amides is 1. The first-order chi connectivity index (χ1) is 14.4. The van der Waals surface area contributed by atoms with Crippen molar-refractivity contribution in [3.8, 4) is 11.1 Å². The molecule has 0 spiro atoms. The van der Waals surface area contributed by atoms with E-state index in [2.05, 4.69) is 4.72 Å². The summed E-state index contributed by atoms with van der Waals surface area (Å²) in [5.41, 5.74) is -3.01. The van der Waals surface area contributed by atoms with Crippen LogP contribution in [0.25, 0.3) is 11.1 Å². The molecule has 4 rings (SSSR count). The van der Waals surface area contributed by atoms with Gasteiger partial charge in [-0.3, -0.25) is 4.79 Å². The predicted molar refractivity (Wildman–Crippen MR) is 110 cm³/mol. The lowest BCUT2D eigenvalue weighted by Crippen LogP contribution is -2.48. The van der Waals surface area contributed by atoms with Crippen LogP contribution in [0.15, 0.2) is 42.5 Å². The van der Waals surface area contributed by atoms with Gasteiger partial charge in [0.2, 0.25) is 15.9 Å². The Bertz CT molecular complexity index is 1140. The molecule has 9 heteroatoms. The highest BCUT2D eigenvalue weighted by molar-refractivity contribution is 7.88. The third kappa shape index (κ3) is 4.08. The van der Waals surface area contributed by atoms with Crippen LogP contribution in [0.2, 0.25) is 0 Å². The van der Waals surface area contributed by atoms with Gasteiger partial charge >= 0.3 is 0 Å². The van der Waals surface area contributed by atoms with Gasteiger partial charge in [-0.25, -0.2) is 26.3 Å². The summed E-state index contributed by atoms with van der Waals surface area (Å²) in [4.78, 5) is 14.4. The Hall–Kier alpha value is -2.39. The molecule has 3 atom stereocenters. The quantitative estimate of drug-likeness (QED) is 0.757. The average molecular weight is 452 g/mol. The van der Waals surface area contributed by atoms with Gasteiger partial charge in [-0.15, -0.1) is 0 Å². The summed E-state index contributed by atoms with van der Waals surface area (Å²) >= 11 is 0. The Kier molecular flexibility index (Phi) is 5.17. The number of rotatable bonds is 5. The van der Waals surface area contributed by atoms with Gasteiger partial charge in [0.25, 0.3) is 0 Å². The fraction of sp³-hybridized carbons (Fsp3) is 0.409. The molecule has 5 nitrogen and oxygen atoms in total. The predicted octanol–water partition coefficient (Wildman–Crippen LogP) is 3.36. The number of likely N-dealkylation sites (tertiary alicyclic amines) is 1. The molecule has 2 aromatic carbocycles. The summed E-state index contributed by atoms with van der Waals surface area (Å²) in [5.74, 6) is -3.02. The number of nitrogens with zero attached hydrogens (tertiary/aromatic N) is 1. The number of carbonyl (C=O) groups excluding carboxylic acids is 1. The second kappa shape index (κ2) is 7.34. The van der Waals surface area contributed by atoms with Gasteiger partial charge < -0.3 is 4.90 Å². The van der Waals surface area contributed by atoms with Crippen molar-refractivity contribution < 1.29 is 26.4 Å². The minimum atomic E-state index is -3.46. The lowest BCUT2D eigenvalue weighted by atomic mass is 9.93. The van der Waals surface area contributed by atoms with Crippen molar-refractivity contribution in [2.45, 2.75) is 31.0 Å². The van der Waals surface area contributed by atoms with Crippen LogP contribution in [0, 0.1) is 17.6 Å². The van der Waals surface area contributed by atoms with Crippen LogP contribution in [0.4, 0.5) is 13.2 Å². The monoisotopic (exact) mass is 452 g/mol. The zero-order chi connectivity index (χ0) is 22.6. The van der Waals surface area contributed by atoms with Gasteiger partial charge in [-0.2, -0.15) is 0 Å². The number of alkyl halides is 1. The lowest BCUT2D eigenvalue weighted by Gasteiger charge is -2.25. The van der Waals surface area contributed by atoms with Crippen molar-refractivity contribution in [3.05, 3.63) is 59.7 Å². The summed E-state index contributed by atoms with van der Waals surface area (Å²) in [6, 6.07) is 9.48. The standard InChI is InChI=1S/C22H23F3N2O3S/c1-21(26-31(2,29)30)10-11-27(13-21)20(28)16-12-22(16,25)15-7-4-3-6-14(15)19-17(23)8-5-9-18(19)24/h3-9,16,26H,10-13H2,1-2H3/t16-,21?,22+/m0/s1.